The molecule has 1 aromatic heterocycles. The number of amides is 2. The summed E-state index contributed by atoms with van der Waals surface area (Å²) in [6, 6.07) is 20.5. The average Bonchev–Trinajstić information content (AvgIpc) is 3.19. The minimum Gasteiger partial charge on any atom is -0.495 e. The Morgan fingerprint density at radius 1 is 0.982 bits per heavy atom. The molecule has 1 fully saturated rings. The van der Waals surface area contributed by atoms with E-state index in [9.17, 15) is 29.2 Å². The van der Waals surface area contributed by atoms with Crippen molar-refractivity contribution in [2.45, 2.75) is 57.3 Å². The first-order valence-electron chi connectivity index (χ1n) is 17.8. The molecule has 1 aliphatic heterocycles. The lowest BCUT2D eigenvalue weighted by Gasteiger charge is -2.32. The molecule has 5 rings (SSSR count). The van der Waals surface area contributed by atoms with Crippen LogP contribution in [0.5, 0.6) is 5.75 Å². The van der Waals surface area contributed by atoms with Crippen molar-refractivity contribution in [1.29, 1.82) is 5.26 Å². The number of carbonyl (C=O) groups excluding carboxylic acids is 4. The van der Waals surface area contributed by atoms with Gasteiger partial charge in [0.2, 0.25) is 11.8 Å². The lowest BCUT2D eigenvalue weighted by atomic mass is 10.00. The highest BCUT2D eigenvalue weighted by Gasteiger charge is 2.31. The summed E-state index contributed by atoms with van der Waals surface area (Å²) in [5.41, 5.74) is 1.82. The van der Waals surface area contributed by atoms with Crippen molar-refractivity contribution < 1.29 is 33.4 Å². The van der Waals surface area contributed by atoms with Gasteiger partial charge >= 0.3 is 11.9 Å². The number of piperidine rings is 1. The number of methoxy groups -OCH3 is 1. The highest BCUT2D eigenvalue weighted by Crippen LogP contribution is 2.33. The van der Waals surface area contributed by atoms with Crippen LogP contribution in [0.15, 0.2) is 89.9 Å². The second kappa shape index (κ2) is 18.9. The van der Waals surface area contributed by atoms with E-state index in [-0.39, 0.29) is 30.2 Å². The maximum absolute atomic E-state index is 13.5. The molecule has 0 radical (unpaired) electrons. The van der Waals surface area contributed by atoms with Crippen LogP contribution < -0.4 is 20.9 Å². The Morgan fingerprint density at radius 2 is 1.73 bits per heavy atom. The van der Waals surface area contributed by atoms with E-state index in [1.165, 1.54) is 48.2 Å². The van der Waals surface area contributed by atoms with Crippen molar-refractivity contribution in [2.24, 2.45) is 0 Å². The van der Waals surface area contributed by atoms with Gasteiger partial charge in [-0.05, 0) is 80.9 Å². The zero-order valence-electron chi connectivity index (χ0n) is 30.8. The number of pyridine rings is 1. The molecule has 3 aromatic carbocycles. The maximum Gasteiger partial charge on any atom is 0.338 e. The molecule has 0 spiro atoms. The second-order valence-electron chi connectivity index (χ2n) is 13.0. The average molecular weight is 768 g/mol. The number of anilines is 1. The minimum atomic E-state index is -1.24. The highest BCUT2D eigenvalue weighted by molar-refractivity contribution is 6.31. The van der Waals surface area contributed by atoms with Gasteiger partial charge in [0.05, 0.1) is 36.5 Å². The van der Waals surface area contributed by atoms with Gasteiger partial charge in [-0.25, -0.2) is 9.59 Å². The summed E-state index contributed by atoms with van der Waals surface area (Å²) in [6.07, 6.45) is 4.17. The lowest BCUT2D eigenvalue weighted by Crippen LogP contribution is -2.53. The summed E-state index contributed by atoms with van der Waals surface area (Å²) in [4.78, 5) is 68.2. The lowest BCUT2D eigenvalue weighted by molar-refractivity contribution is -0.151. The zero-order chi connectivity index (χ0) is 39.5. The maximum atomic E-state index is 13.5. The Morgan fingerprint density at radius 3 is 2.40 bits per heavy atom. The SMILES string of the molecule is CCC(C(=O)Nc1ccc(C(=O)OC[C@H](NC(=O)[C@H]2CCCCN2C)C(=O)OCc2ccccc2)cc1)n1cc(OC)c(-c2cc(Cl)ccc2C#N)cc1=O. The van der Waals surface area contributed by atoms with Gasteiger partial charge in [-0.2, -0.15) is 5.26 Å². The van der Waals surface area contributed by atoms with E-state index in [2.05, 4.69) is 16.7 Å². The molecule has 4 aromatic rings. The first kappa shape index (κ1) is 40.2. The predicted molar refractivity (Wildman–Crippen MR) is 206 cm³/mol. The number of nitriles is 1. The Kier molecular flexibility index (Phi) is 13.8. The van der Waals surface area contributed by atoms with Gasteiger partial charge in [0.25, 0.3) is 5.56 Å². The van der Waals surface area contributed by atoms with Gasteiger partial charge in [0.1, 0.15) is 25.0 Å². The molecule has 14 heteroatoms. The number of benzene rings is 3. The van der Waals surface area contributed by atoms with E-state index in [1.54, 1.807) is 37.3 Å². The molecule has 286 valence electrons. The Hall–Kier alpha value is -5.97. The van der Waals surface area contributed by atoms with Crippen molar-refractivity contribution in [2.75, 3.05) is 32.6 Å². The summed E-state index contributed by atoms with van der Waals surface area (Å²) in [7, 11) is 3.27. The summed E-state index contributed by atoms with van der Waals surface area (Å²) in [5.74, 6) is -2.08. The fraction of sp³-hybridized carbons (Fsp3) is 0.317. The molecular formula is C41H42ClN5O8. The molecule has 0 saturated carbocycles. The van der Waals surface area contributed by atoms with Gasteiger partial charge in [-0.3, -0.25) is 23.9 Å². The number of halogens is 1. The predicted octanol–water partition coefficient (Wildman–Crippen LogP) is 5.51. The second-order valence-corrected chi connectivity index (χ2v) is 13.5. The van der Waals surface area contributed by atoms with Crippen molar-refractivity contribution in [1.82, 2.24) is 14.8 Å². The number of hydrogen-bond donors (Lipinski definition) is 2. The third-order valence-corrected chi connectivity index (χ3v) is 9.58. The number of ether oxygens (including phenoxy) is 3. The molecule has 1 unspecified atom stereocenters. The molecule has 3 atom stereocenters. The van der Waals surface area contributed by atoms with Crippen molar-refractivity contribution in [3.63, 3.8) is 0 Å². The van der Waals surface area contributed by atoms with Crippen LogP contribution in [0.25, 0.3) is 11.1 Å². The molecule has 1 aliphatic rings. The van der Waals surface area contributed by atoms with E-state index in [0.29, 0.717) is 33.8 Å². The first-order chi connectivity index (χ1) is 26.5. The smallest absolute Gasteiger partial charge is 0.338 e. The van der Waals surface area contributed by atoms with Gasteiger partial charge in [0, 0.05) is 27.9 Å². The monoisotopic (exact) mass is 767 g/mol. The number of carbonyl (C=O) groups is 4. The third-order valence-electron chi connectivity index (χ3n) is 9.35. The van der Waals surface area contributed by atoms with Gasteiger partial charge < -0.3 is 24.8 Å². The third kappa shape index (κ3) is 10.2. The molecule has 2 N–H and O–H groups in total. The largest absolute Gasteiger partial charge is 0.495 e. The number of nitrogens with one attached hydrogen (secondary N) is 2. The minimum absolute atomic E-state index is 0.0188. The van der Waals surface area contributed by atoms with Crippen LogP contribution >= 0.6 is 11.6 Å². The number of aromatic nitrogens is 1. The quantitative estimate of drug-likeness (QED) is 0.156. The Bertz CT molecular complexity index is 2120. The Balaban J connectivity index is 1.25. The topological polar surface area (TPSA) is 169 Å². The molecule has 13 nitrogen and oxygen atoms in total. The van der Waals surface area contributed by atoms with E-state index < -0.39 is 48.1 Å². The molecule has 0 aliphatic carbocycles. The van der Waals surface area contributed by atoms with Gasteiger partial charge in [0.15, 0.2) is 6.04 Å². The van der Waals surface area contributed by atoms with Crippen LogP contribution in [-0.4, -0.2) is 72.6 Å². The van der Waals surface area contributed by atoms with Crippen LogP contribution in [0.4, 0.5) is 5.69 Å². The molecule has 2 amide bonds. The van der Waals surface area contributed by atoms with E-state index in [0.717, 1.165) is 24.9 Å². The van der Waals surface area contributed by atoms with Crippen LogP contribution in [0, 0.1) is 11.3 Å². The molecule has 2 heterocycles. The fourth-order valence-corrected chi connectivity index (χ4v) is 6.49. The zero-order valence-corrected chi connectivity index (χ0v) is 31.5. The van der Waals surface area contributed by atoms with Crippen molar-refractivity contribution in [3.05, 3.63) is 117 Å². The standard InChI is InChI=1S/C41H42ClN5O8/c1-4-34(47-23-36(53-3)32(21-37(47)48)31-20-29(42)16-13-28(31)22-43)38(49)44-30-17-14-27(15-18-30)40(51)55-25-33(41(52)54-24-26-10-6-5-7-11-26)45-39(50)35-12-8-9-19-46(35)2/h5-7,10-11,13-18,20-21,23,33-35H,4,8-9,12,19,24-25H2,1-3H3,(H,44,49)(H,45,50)/t33-,34?,35+/m0/s1. The molecule has 0 bridgehead atoms. The molecular weight excluding hydrogens is 726 g/mol. The summed E-state index contributed by atoms with van der Waals surface area (Å²) in [6.45, 7) is 2.02. The summed E-state index contributed by atoms with van der Waals surface area (Å²) in [5, 5.41) is 15.5. The summed E-state index contributed by atoms with van der Waals surface area (Å²) < 4.78 is 17.8. The van der Waals surface area contributed by atoms with Gasteiger partial charge in [-0.15, -0.1) is 0 Å². The van der Waals surface area contributed by atoms with E-state index >= 15 is 0 Å². The number of hydrogen-bond acceptors (Lipinski definition) is 10. The number of nitrogens with zero attached hydrogens (tertiary/aromatic N) is 3. The molecule has 1 saturated heterocycles. The van der Waals surface area contributed by atoms with Crippen molar-refractivity contribution >= 4 is 41.0 Å². The fourth-order valence-electron chi connectivity index (χ4n) is 6.32. The van der Waals surface area contributed by atoms with Crippen LogP contribution in [0.1, 0.15) is 60.1 Å². The number of esters is 2. The highest BCUT2D eigenvalue weighted by atomic mass is 35.5. The van der Waals surface area contributed by atoms with Crippen LogP contribution in [0.3, 0.4) is 0 Å². The molecule has 55 heavy (non-hydrogen) atoms. The Labute approximate surface area is 323 Å². The summed E-state index contributed by atoms with van der Waals surface area (Å²) >= 11 is 6.18. The van der Waals surface area contributed by atoms with Crippen LogP contribution in [-0.2, 0) is 30.5 Å². The van der Waals surface area contributed by atoms with Crippen LogP contribution in [0.2, 0.25) is 5.02 Å². The normalized spacial score (nSPS) is 15.1. The van der Waals surface area contributed by atoms with Crippen molar-refractivity contribution in [3.8, 4) is 22.9 Å². The van der Waals surface area contributed by atoms with Gasteiger partial charge in [-0.1, -0.05) is 55.3 Å². The number of likely N-dealkylation sites (N-methyl/N-ethyl adjacent to an activating group) is 1. The first-order valence-corrected chi connectivity index (χ1v) is 18.2. The van der Waals surface area contributed by atoms with E-state index in [1.807, 2.05) is 30.1 Å². The number of likely N-dealkylation sites (tertiary alicyclic amines) is 1. The number of rotatable bonds is 14. The van der Waals surface area contributed by atoms with E-state index in [4.69, 9.17) is 25.8 Å².